The number of pyridine rings is 1. The van der Waals surface area contributed by atoms with Crippen LogP contribution in [0.25, 0.3) is 0 Å². The van der Waals surface area contributed by atoms with Crippen LogP contribution in [0.15, 0.2) is 18.3 Å². The Balaban J connectivity index is 1.86. The molecule has 0 aliphatic carbocycles. The number of aromatic nitrogens is 1. The number of ketones is 2. The van der Waals surface area contributed by atoms with Crippen LogP contribution >= 0.6 is 0 Å². The van der Waals surface area contributed by atoms with E-state index in [9.17, 15) is 14.4 Å². The van der Waals surface area contributed by atoms with Crippen LogP contribution in [0.3, 0.4) is 0 Å². The Hall–Kier alpha value is -2.24. The molecule has 2 heterocycles. The van der Waals surface area contributed by atoms with E-state index >= 15 is 0 Å². The maximum atomic E-state index is 12.4. The molecule has 1 aliphatic rings. The van der Waals surface area contributed by atoms with Gasteiger partial charge >= 0.3 is 6.09 Å². The second-order valence-electron chi connectivity index (χ2n) is 7.44. The molecular formula is C19H26N2O4. The number of Topliss-reactive ketones (excluding diaryl/α,β-unsaturated/α-hetero) is 2. The van der Waals surface area contributed by atoms with Gasteiger partial charge in [-0.25, -0.2) is 4.79 Å². The van der Waals surface area contributed by atoms with E-state index in [4.69, 9.17) is 4.74 Å². The van der Waals surface area contributed by atoms with E-state index in [1.165, 1.54) is 0 Å². The van der Waals surface area contributed by atoms with E-state index in [-0.39, 0.29) is 30.0 Å². The smallest absolute Gasteiger partial charge is 0.410 e. The van der Waals surface area contributed by atoms with Crippen molar-refractivity contribution in [3.8, 4) is 0 Å². The minimum absolute atomic E-state index is 0.0582. The van der Waals surface area contributed by atoms with Crippen molar-refractivity contribution in [1.82, 2.24) is 9.88 Å². The Morgan fingerprint density at radius 3 is 2.44 bits per heavy atom. The number of hydrogen-bond acceptors (Lipinski definition) is 5. The zero-order valence-corrected chi connectivity index (χ0v) is 15.4. The van der Waals surface area contributed by atoms with Gasteiger partial charge < -0.3 is 9.64 Å². The van der Waals surface area contributed by atoms with Crippen LogP contribution in [0.2, 0.25) is 0 Å². The third-order valence-corrected chi connectivity index (χ3v) is 4.24. The normalized spacial score (nSPS) is 15.8. The fraction of sp³-hybridized carbons (Fsp3) is 0.579. The number of nitrogens with zero attached hydrogens (tertiary/aromatic N) is 2. The molecular weight excluding hydrogens is 320 g/mol. The van der Waals surface area contributed by atoms with Crippen LogP contribution in [-0.2, 0) is 9.53 Å². The third-order valence-electron chi connectivity index (χ3n) is 4.24. The van der Waals surface area contributed by atoms with Gasteiger partial charge in [-0.05, 0) is 52.7 Å². The lowest BCUT2D eigenvalue weighted by Gasteiger charge is -2.32. The Morgan fingerprint density at radius 1 is 1.24 bits per heavy atom. The van der Waals surface area contributed by atoms with E-state index < -0.39 is 5.60 Å². The van der Waals surface area contributed by atoms with Crippen molar-refractivity contribution >= 4 is 17.7 Å². The summed E-state index contributed by atoms with van der Waals surface area (Å²) in [4.78, 5) is 42.5. The fourth-order valence-electron chi connectivity index (χ4n) is 2.89. The molecule has 0 spiro atoms. The lowest BCUT2D eigenvalue weighted by atomic mass is 9.89. The van der Waals surface area contributed by atoms with Crippen LogP contribution < -0.4 is 0 Å². The van der Waals surface area contributed by atoms with E-state index in [1.54, 1.807) is 30.2 Å². The van der Waals surface area contributed by atoms with E-state index in [0.29, 0.717) is 37.2 Å². The first-order chi connectivity index (χ1) is 11.7. The van der Waals surface area contributed by atoms with Crippen molar-refractivity contribution in [3.63, 3.8) is 0 Å². The Labute approximate surface area is 148 Å². The summed E-state index contributed by atoms with van der Waals surface area (Å²) < 4.78 is 5.35. The third kappa shape index (κ3) is 5.37. The molecule has 0 saturated carbocycles. The Morgan fingerprint density at radius 2 is 1.88 bits per heavy atom. The number of ether oxygens (including phenoxy) is 1. The molecule has 6 heteroatoms. The first-order valence-electron chi connectivity index (χ1n) is 8.63. The van der Waals surface area contributed by atoms with E-state index in [2.05, 4.69) is 4.98 Å². The van der Waals surface area contributed by atoms with Gasteiger partial charge in [-0.3, -0.25) is 14.6 Å². The molecule has 1 aromatic heterocycles. The average Bonchev–Trinajstić information content (AvgIpc) is 2.53. The largest absolute Gasteiger partial charge is 0.444 e. The zero-order chi connectivity index (χ0) is 18.6. The Bertz CT molecular complexity index is 656. The van der Waals surface area contributed by atoms with E-state index in [1.807, 2.05) is 20.8 Å². The summed E-state index contributed by atoms with van der Waals surface area (Å²) in [7, 11) is 0. The van der Waals surface area contributed by atoms with Gasteiger partial charge in [0.2, 0.25) is 0 Å². The van der Waals surface area contributed by atoms with Crippen LogP contribution in [0.1, 0.15) is 56.1 Å². The lowest BCUT2D eigenvalue weighted by molar-refractivity contribution is -0.123. The molecule has 0 bridgehead atoms. The highest BCUT2D eigenvalue weighted by Crippen LogP contribution is 2.22. The van der Waals surface area contributed by atoms with Crippen molar-refractivity contribution in [2.75, 3.05) is 13.1 Å². The Kier molecular flexibility index (Phi) is 5.93. The molecule has 0 N–H and O–H groups in total. The number of piperidine rings is 1. The van der Waals surface area contributed by atoms with Gasteiger partial charge in [0.15, 0.2) is 5.78 Å². The predicted molar refractivity (Wildman–Crippen MR) is 93.5 cm³/mol. The topological polar surface area (TPSA) is 76.6 Å². The number of rotatable bonds is 4. The fourth-order valence-corrected chi connectivity index (χ4v) is 2.89. The first kappa shape index (κ1) is 19.1. The molecule has 1 aromatic rings. The minimum Gasteiger partial charge on any atom is -0.444 e. The van der Waals surface area contributed by atoms with Gasteiger partial charge in [0.1, 0.15) is 11.4 Å². The van der Waals surface area contributed by atoms with Gasteiger partial charge in [-0.2, -0.15) is 0 Å². The maximum Gasteiger partial charge on any atom is 0.410 e. The molecule has 0 radical (unpaired) electrons. The summed E-state index contributed by atoms with van der Waals surface area (Å²) in [5.41, 5.74) is 0.611. The average molecular weight is 346 g/mol. The number of carbonyl (C=O) groups excluding carboxylic acids is 3. The highest BCUT2D eigenvalue weighted by Gasteiger charge is 2.30. The number of likely N-dealkylation sites (tertiary alicyclic amines) is 1. The quantitative estimate of drug-likeness (QED) is 0.618. The van der Waals surface area contributed by atoms with Crippen LogP contribution in [-0.4, -0.2) is 46.2 Å². The second-order valence-corrected chi connectivity index (χ2v) is 7.44. The van der Waals surface area contributed by atoms with Gasteiger partial charge in [0.05, 0.1) is 6.42 Å². The van der Waals surface area contributed by atoms with Gasteiger partial charge in [-0.15, -0.1) is 0 Å². The summed E-state index contributed by atoms with van der Waals surface area (Å²) in [6.45, 7) is 8.20. The maximum absolute atomic E-state index is 12.4. The number of amides is 1. The van der Waals surface area contributed by atoms with Crippen molar-refractivity contribution < 1.29 is 19.1 Å². The van der Waals surface area contributed by atoms with Crippen molar-refractivity contribution in [2.24, 2.45) is 5.92 Å². The molecule has 1 aliphatic heterocycles. The number of aryl methyl sites for hydroxylation is 1. The molecule has 0 atom stereocenters. The van der Waals surface area contributed by atoms with Crippen molar-refractivity contribution in [1.29, 1.82) is 0 Å². The molecule has 0 aromatic carbocycles. The highest BCUT2D eigenvalue weighted by molar-refractivity contribution is 6.09. The highest BCUT2D eigenvalue weighted by atomic mass is 16.6. The summed E-state index contributed by atoms with van der Waals surface area (Å²) in [5.74, 6) is -0.429. The van der Waals surface area contributed by atoms with E-state index in [0.717, 1.165) is 0 Å². The van der Waals surface area contributed by atoms with Crippen LogP contribution in [0.4, 0.5) is 4.79 Å². The first-order valence-corrected chi connectivity index (χ1v) is 8.63. The van der Waals surface area contributed by atoms with Crippen molar-refractivity contribution in [3.05, 3.63) is 29.6 Å². The SMILES string of the molecule is Cc1ncccc1C(=O)CC(=O)C1CCN(C(=O)OC(C)(C)C)CC1. The molecule has 0 unspecified atom stereocenters. The molecule has 1 saturated heterocycles. The standard InChI is InChI=1S/C19H26N2O4/c1-13-15(6-5-9-20-13)17(23)12-16(22)14-7-10-21(11-8-14)18(24)25-19(2,3)4/h5-6,9,14H,7-8,10-12H2,1-4H3. The molecule has 2 rings (SSSR count). The monoisotopic (exact) mass is 346 g/mol. The summed E-state index contributed by atoms with van der Waals surface area (Å²) >= 11 is 0. The van der Waals surface area contributed by atoms with Crippen LogP contribution in [0, 0.1) is 12.8 Å². The molecule has 136 valence electrons. The lowest BCUT2D eigenvalue weighted by Crippen LogP contribution is -2.43. The van der Waals surface area contributed by atoms with Gasteiger partial charge in [0, 0.05) is 36.5 Å². The van der Waals surface area contributed by atoms with Gasteiger partial charge in [0.25, 0.3) is 0 Å². The summed E-state index contributed by atoms with van der Waals surface area (Å²) in [5, 5.41) is 0. The zero-order valence-electron chi connectivity index (χ0n) is 15.4. The van der Waals surface area contributed by atoms with Crippen LogP contribution in [0.5, 0.6) is 0 Å². The predicted octanol–water partition coefficient (Wildman–Crippen LogP) is 3.18. The molecule has 6 nitrogen and oxygen atoms in total. The molecule has 1 amide bonds. The summed E-state index contributed by atoms with van der Waals surface area (Å²) in [6.07, 6.45) is 2.30. The summed E-state index contributed by atoms with van der Waals surface area (Å²) in [6, 6.07) is 3.40. The minimum atomic E-state index is -0.530. The molecule has 1 fully saturated rings. The molecule has 25 heavy (non-hydrogen) atoms. The number of carbonyl (C=O) groups is 3. The number of hydrogen-bond donors (Lipinski definition) is 0. The van der Waals surface area contributed by atoms with Crippen molar-refractivity contribution in [2.45, 2.75) is 52.6 Å². The second kappa shape index (κ2) is 7.76. The van der Waals surface area contributed by atoms with Gasteiger partial charge in [-0.1, -0.05) is 0 Å².